The normalized spacial score (nSPS) is 11.3. The fraction of sp³-hybridized carbons (Fsp3) is 0.273. The fourth-order valence-electron chi connectivity index (χ4n) is 2.98. The third kappa shape index (κ3) is 5.75. The van der Waals surface area contributed by atoms with Crippen LogP contribution in [0.4, 0.5) is 0 Å². The average Bonchev–Trinajstić information content (AvgIpc) is 3.24. The lowest BCUT2D eigenvalue weighted by molar-refractivity contribution is 0.373. The summed E-state index contributed by atoms with van der Waals surface area (Å²) in [4.78, 5) is 4.63. The second-order valence-corrected chi connectivity index (χ2v) is 6.53. The minimum absolute atomic E-state index is 0.116. The molecule has 0 spiro atoms. The maximum absolute atomic E-state index is 9.94. The predicted octanol–water partition coefficient (Wildman–Crippen LogP) is 2.90. The van der Waals surface area contributed by atoms with Gasteiger partial charge in [0.15, 0.2) is 17.5 Å². The van der Waals surface area contributed by atoms with E-state index in [1.165, 1.54) is 18.2 Å². The van der Waals surface area contributed by atoms with Crippen LogP contribution >= 0.6 is 0 Å². The summed E-state index contributed by atoms with van der Waals surface area (Å²) in [5.74, 6) is 1.29. The third-order valence-electron chi connectivity index (χ3n) is 4.46. The van der Waals surface area contributed by atoms with Gasteiger partial charge in [-0.15, -0.1) is 0 Å². The first kappa shape index (κ1) is 20.3. The molecule has 0 saturated heterocycles. The van der Waals surface area contributed by atoms with Crippen LogP contribution in [0.2, 0.25) is 0 Å². The Balaban J connectivity index is 1.66. The molecule has 0 amide bonds. The maximum atomic E-state index is 9.94. The highest BCUT2D eigenvalue weighted by atomic mass is 16.5. The van der Waals surface area contributed by atoms with E-state index in [0.717, 1.165) is 24.6 Å². The highest BCUT2D eigenvalue weighted by Gasteiger charge is 2.06. The van der Waals surface area contributed by atoms with E-state index < -0.39 is 0 Å². The van der Waals surface area contributed by atoms with E-state index in [-0.39, 0.29) is 5.75 Å². The molecule has 152 valence electrons. The summed E-state index contributed by atoms with van der Waals surface area (Å²) in [5.41, 5.74) is 3.30. The van der Waals surface area contributed by atoms with E-state index in [0.29, 0.717) is 18.8 Å². The molecule has 0 atom stereocenters. The van der Waals surface area contributed by atoms with Gasteiger partial charge in [-0.05, 0) is 41.8 Å². The number of rotatable bonds is 8. The van der Waals surface area contributed by atoms with Gasteiger partial charge in [0.25, 0.3) is 0 Å². The second-order valence-electron chi connectivity index (χ2n) is 6.53. The van der Waals surface area contributed by atoms with Gasteiger partial charge in [-0.2, -0.15) is 5.10 Å². The molecule has 1 heterocycles. The first-order valence-electron chi connectivity index (χ1n) is 9.62. The first-order chi connectivity index (χ1) is 14.2. The van der Waals surface area contributed by atoms with Crippen molar-refractivity contribution in [3.05, 3.63) is 77.6 Å². The zero-order chi connectivity index (χ0) is 20.5. The van der Waals surface area contributed by atoms with E-state index in [4.69, 9.17) is 4.74 Å². The number of hydrogen-bond acceptors (Lipinski definition) is 4. The van der Waals surface area contributed by atoms with E-state index in [2.05, 4.69) is 32.9 Å². The number of nitrogens with one attached hydrogen (secondary N) is 2. The number of hydrogen-bond donors (Lipinski definition) is 3. The van der Waals surface area contributed by atoms with Crippen LogP contribution in [0.1, 0.15) is 23.6 Å². The molecule has 29 heavy (non-hydrogen) atoms. The van der Waals surface area contributed by atoms with Crippen molar-refractivity contribution in [1.29, 1.82) is 0 Å². The maximum Gasteiger partial charge on any atom is 0.191 e. The number of guanidine groups is 1. The van der Waals surface area contributed by atoms with Gasteiger partial charge in [0.05, 0.1) is 20.2 Å². The number of ether oxygens (including phenoxy) is 1. The molecule has 0 fully saturated rings. The van der Waals surface area contributed by atoms with Crippen LogP contribution < -0.4 is 15.4 Å². The summed E-state index contributed by atoms with van der Waals surface area (Å²) in [6.07, 6.45) is 3.74. The zero-order valence-corrected chi connectivity index (χ0v) is 16.8. The number of aliphatic imine (C=N–C) groups is 1. The fourth-order valence-corrected chi connectivity index (χ4v) is 2.98. The number of benzene rings is 2. The number of phenols is 1. The molecule has 3 aromatic rings. The molecule has 3 rings (SSSR count). The molecule has 2 aromatic carbocycles. The topological polar surface area (TPSA) is 83.7 Å². The van der Waals surface area contributed by atoms with Crippen LogP contribution in [0.15, 0.2) is 65.9 Å². The van der Waals surface area contributed by atoms with Crippen LogP contribution in [0, 0.1) is 0 Å². The summed E-state index contributed by atoms with van der Waals surface area (Å²) in [6.45, 7) is 4.61. The number of aromatic hydroxyl groups is 1. The minimum atomic E-state index is 0.116. The molecular weight excluding hydrogens is 366 g/mol. The van der Waals surface area contributed by atoms with Crippen molar-refractivity contribution >= 4 is 5.96 Å². The molecule has 0 aliphatic carbocycles. The molecule has 0 bridgehead atoms. The van der Waals surface area contributed by atoms with Gasteiger partial charge in [0.1, 0.15) is 0 Å². The standard InChI is InChI=1S/C22H27N5O2/c1-3-23-22(24-14-17-9-10-21(29-2)20(28)13-17)25-15-18-7-4-5-8-19(18)16-27-12-6-11-26-27/h4-13,28H,3,14-16H2,1-2H3,(H2,23,24,25). The van der Waals surface area contributed by atoms with Gasteiger partial charge in [0, 0.05) is 25.5 Å². The van der Waals surface area contributed by atoms with Crippen molar-refractivity contribution in [2.24, 2.45) is 4.99 Å². The van der Waals surface area contributed by atoms with Crippen LogP contribution in [0.3, 0.4) is 0 Å². The summed E-state index contributed by atoms with van der Waals surface area (Å²) in [6, 6.07) is 15.5. The van der Waals surface area contributed by atoms with Crippen molar-refractivity contribution in [2.45, 2.75) is 26.6 Å². The number of aromatic nitrogens is 2. The Labute approximate surface area is 171 Å². The molecule has 3 N–H and O–H groups in total. The largest absolute Gasteiger partial charge is 0.504 e. The van der Waals surface area contributed by atoms with Gasteiger partial charge in [0.2, 0.25) is 0 Å². The Bertz CT molecular complexity index is 938. The Kier molecular flexibility index (Phi) is 7.10. The van der Waals surface area contributed by atoms with Gasteiger partial charge in [-0.1, -0.05) is 30.3 Å². The molecule has 7 heteroatoms. The summed E-state index contributed by atoms with van der Waals surface area (Å²) < 4.78 is 6.99. The molecule has 7 nitrogen and oxygen atoms in total. The van der Waals surface area contributed by atoms with Crippen LogP contribution in [-0.2, 0) is 19.6 Å². The predicted molar refractivity (Wildman–Crippen MR) is 114 cm³/mol. The van der Waals surface area contributed by atoms with Gasteiger partial charge < -0.3 is 20.5 Å². The van der Waals surface area contributed by atoms with Crippen molar-refractivity contribution in [3.8, 4) is 11.5 Å². The molecule has 0 unspecified atom stereocenters. The average molecular weight is 393 g/mol. The summed E-state index contributed by atoms with van der Waals surface area (Å²) in [5, 5.41) is 20.9. The molecule has 1 aromatic heterocycles. The van der Waals surface area contributed by atoms with E-state index in [9.17, 15) is 5.11 Å². The lowest BCUT2D eigenvalue weighted by atomic mass is 10.1. The Morgan fingerprint density at radius 2 is 1.97 bits per heavy atom. The van der Waals surface area contributed by atoms with Gasteiger partial charge in [-0.25, -0.2) is 4.99 Å². The smallest absolute Gasteiger partial charge is 0.191 e. The Morgan fingerprint density at radius 3 is 2.66 bits per heavy atom. The first-order valence-corrected chi connectivity index (χ1v) is 9.62. The molecule has 0 aliphatic rings. The van der Waals surface area contributed by atoms with Crippen molar-refractivity contribution in [3.63, 3.8) is 0 Å². The summed E-state index contributed by atoms with van der Waals surface area (Å²) in [7, 11) is 1.53. The Hall–Kier alpha value is -3.48. The number of methoxy groups -OCH3 is 1. The van der Waals surface area contributed by atoms with Gasteiger partial charge in [-0.3, -0.25) is 4.68 Å². The quantitative estimate of drug-likeness (QED) is 0.405. The van der Waals surface area contributed by atoms with E-state index >= 15 is 0 Å². The zero-order valence-electron chi connectivity index (χ0n) is 16.8. The minimum Gasteiger partial charge on any atom is -0.504 e. The number of nitrogens with zero attached hydrogens (tertiary/aromatic N) is 3. The van der Waals surface area contributed by atoms with Crippen LogP contribution in [0.25, 0.3) is 0 Å². The van der Waals surface area contributed by atoms with Crippen molar-refractivity contribution < 1.29 is 9.84 Å². The van der Waals surface area contributed by atoms with Crippen LogP contribution in [0.5, 0.6) is 11.5 Å². The third-order valence-corrected chi connectivity index (χ3v) is 4.46. The van der Waals surface area contributed by atoms with Crippen molar-refractivity contribution in [2.75, 3.05) is 13.7 Å². The molecule has 0 radical (unpaired) electrons. The lowest BCUT2D eigenvalue weighted by Crippen LogP contribution is -2.37. The van der Waals surface area contributed by atoms with Gasteiger partial charge >= 0.3 is 0 Å². The summed E-state index contributed by atoms with van der Waals surface area (Å²) >= 11 is 0. The highest BCUT2D eigenvalue weighted by molar-refractivity contribution is 5.79. The monoisotopic (exact) mass is 393 g/mol. The van der Waals surface area contributed by atoms with Crippen molar-refractivity contribution in [1.82, 2.24) is 20.4 Å². The van der Waals surface area contributed by atoms with E-state index in [1.54, 1.807) is 18.3 Å². The van der Waals surface area contributed by atoms with E-state index in [1.807, 2.05) is 42.1 Å². The lowest BCUT2D eigenvalue weighted by Gasteiger charge is -2.14. The molecular formula is C22H27N5O2. The SMILES string of the molecule is CCNC(=NCc1ccc(OC)c(O)c1)NCc1ccccc1Cn1cccn1. The Morgan fingerprint density at radius 1 is 1.14 bits per heavy atom. The highest BCUT2D eigenvalue weighted by Crippen LogP contribution is 2.26. The number of phenolic OH excluding ortho intramolecular Hbond substituents is 1. The second kappa shape index (κ2) is 10.2. The molecule has 0 aliphatic heterocycles. The van der Waals surface area contributed by atoms with Crippen LogP contribution in [-0.4, -0.2) is 34.5 Å². The molecule has 0 saturated carbocycles.